The van der Waals surface area contributed by atoms with Crippen LogP contribution in [0.3, 0.4) is 0 Å². The van der Waals surface area contributed by atoms with Crippen molar-refractivity contribution in [2.24, 2.45) is 0 Å². The number of aryl methyl sites for hydroxylation is 2. The molecule has 1 N–H and O–H groups in total. The van der Waals surface area contributed by atoms with Crippen LogP contribution in [-0.2, 0) is 12.8 Å². The first kappa shape index (κ1) is 7.86. The summed E-state index contributed by atoms with van der Waals surface area (Å²) < 4.78 is 0. The number of benzene rings is 2. The normalized spacial score (nSPS) is 14.6. The van der Waals surface area contributed by atoms with Gasteiger partial charge in [-0.15, -0.1) is 0 Å². The van der Waals surface area contributed by atoms with Crippen molar-refractivity contribution < 1.29 is 5.11 Å². The van der Waals surface area contributed by atoms with Crippen molar-refractivity contribution >= 4 is 10.8 Å². The van der Waals surface area contributed by atoms with E-state index in [1.165, 1.54) is 22.9 Å². The summed E-state index contributed by atoms with van der Waals surface area (Å²) in [5.41, 5.74) is 2.78. The lowest BCUT2D eigenvalue weighted by atomic mass is 10.0. The molecule has 0 spiro atoms. The predicted octanol–water partition coefficient (Wildman–Crippen LogP) is 3.03. The van der Waals surface area contributed by atoms with Gasteiger partial charge in [0.2, 0.25) is 0 Å². The monoisotopic (exact) mass is 184 g/mol. The topological polar surface area (TPSA) is 20.2 Å². The van der Waals surface area contributed by atoms with E-state index in [1.54, 1.807) is 0 Å². The molecule has 0 radical (unpaired) electrons. The Kier molecular flexibility index (Phi) is 1.54. The van der Waals surface area contributed by atoms with Crippen LogP contribution in [0.4, 0.5) is 0 Å². The molecule has 2 aromatic carbocycles. The first-order valence-corrected chi connectivity index (χ1v) is 5.09. The molecule has 1 nitrogen and oxygen atoms in total. The molecule has 0 bridgehead atoms. The second kappa shape index (κ2) is 2.74. The fourth-order valence-electron chi connectivity index (χ4n) is 2.45. The molecule has 0 atom stereocenters. The van der Waals surface area contributed by atoms with Crippen molar-refractivity contribution in [2.45, 2.75) is 19.3 Å². The highest BCUT2D eigenvalue weighted by Gasteiger charge is 2.15. The number of fused-ring (bicyclic) bond motifs is 3. The molecule has 0 unspecified atom stereocenters. The van der Waals surface area contributed by atoms with E-state index in [9.17, 15) is 5.11 Å². The molecular weight excluding hydrogens is 172 g/mol. The number of hydrogen-bond donors (Lipinski definition) is 1. The maximum absolute atomic E-state index is 9.84. The van der Waals surface area contributed by atoms with E-state index in [-0.39, 0.29) is 0 Å². The molecule has 0 saturated heterocycles. The van der Waals surface area contributed by atoms with E-state index in [4.69, 9.17) is 0 Å². The Bertz CT molecular complexity index is 500. The summed E-state index contributed by atoms with van der Waals surface area (Å²) in [6, 6.07) is 10.1. The van der Waals surface area contributed by atoms with Crippen molar-refractivity contribution in [3.63, 3.8) is 0 Å². The van der Waals surface area contributed by atoms with Crippen LogP contribution >= 0.6 is 0 Å². The van der Waals surface area contributed by atoms with Gasteiger partial charge in [0.05, 0.1) is 0 Å². The molecule has 0 amide bonds. The van der Waals surface area contributed by atoms with Gasteiger partial charge in [-0.1, -0.05) is 24.3 Å². The van der Waals surface area contributed by atoms with Crippen molar-refractivity contribution in [3.05, 3.63) is 41.5 Å². The molecule has 3 rings (SSSR count). The zero-order valence-electron chi connectivity index (χ0n) is 7.96. The molecule has 0 fully saturated rings. The predicted molar refractivity (Wildman–Crippen MR) is 57.6 cm³/mol. The number of phenols is 1. The fourth-order valence-corrected chi connectivity index (χ4v) is 2.45. The summed E-state index contributed by atoms with van der Waals surface area (Å²) in [5.74, 6) is 0.432. The Balaban J connectivity index is 2.47. The smallest absolute Gasteiger partial charge is 0.123 e. The van der Waals surface area contributed by atoms with Crippen molar-refractivity contribution in [1.82, 2.24) is 0 Å². The standard InChI is InChI=1S/C13H12O/c14-13-8-9-4-3-7-10(9)11-5-1-2-6-12(11)13/h1-2,5-6,8,14H,3-4,7H2. The third-order valence-corrected chi connectivity index (χ3v) is 3.10. The lowest BCUT2D eigenvalue weighted by Gasteiger charge is -2.07. The Morgan fingerprint density at radius 3 is 2.64 bits per heavy atom. The first-order valence-electron chi connectivity index (χ1n) is 5.09. The summed E-state index contributed by atoms with van der Waals surface area (Å²) in [7, 11) is 0. The van der Waals surface area contributed by atoms with Gasteiger partial charge in [-0.25, -0.2) is 0 Å². The zero-order chi connectivity index (χ0) is 9.54. The SMILES string of the molecule is Oc1cc2c(c3ccccc13)CCC2. The Hall–Kier alpha value is -1.50. The number of phenolic OH excluding ortho intramolecular Hbond substituents is 1. The fraction of sp³-hybridized carbons (Fsp3) is 0.231. The highest BCUT2D eigenvalue weighted by molar-refractivity contribution is 5.92. The highest BCUT2D eigenvalue weighted by atomic mass is 16.3. The maximum atomic E-state index is 9.84. The lowest BCUT2D eigenvalue weighted by Crippen LogP contribution is -1.85. The van der Waals surface area contributed by atoms with Gasteiger partial charge in [0, 0.05) is 5.39 Å². The molecule has 1 aliphatic carbocycles. The van der Waals surface area contributed by atoms with E-state index in [0.29, 0.717) is 5.75 Å². The Labute approximate surface area is 83.0 Å². The first-order chi connectivity index (χ1) is 6.86. The summed E-state index contributed by atoms with van der Waals surface area (Å²) in [4.78, 5) is 0. The zero-order valence-corrected chi connectivity index (χ0v) is 7.96. The quantitative estimate of drug-likeness (QED) is 0.667. The second-order valence-corrected chi connectivity index (χ2v) is 3.93. The molecule has 0 aliphatic heterocycles. The Morgan fingerprint density at radius 1 is 1.00 bits per heavy atom. The van der Waals surface area contributed by atoms with Gasteiger partial charge in [-0.05, 0) is 41.8 Å². The molecule has 14 heavy (non-hydrogen) atoms. The van der Waals surface area contributed by atoms with E-state index >= 15 is 0 Å². The van der Waals surface area contributed by atoms with Crippen LogP contribution < -0.4 is 0 Å². The van der Waals surface area contributed by atoms with Crippen LogP contribution in [0, 0.1) is 0 Å². The molecule has 1 heteroatoms. The van der Waals surface area contributed by atoms with Gasteiger partial charge in [0.1, 0.15) is 5.75 Å². The van der Waals surface area contributed by atoms with Gasteiger partial charge in [0.25, 0.3) is 0 Å². The van der Waals surface area contributed by atoms with Gasteiger partial charge >= 0.3 is 0 Å². The third kappa shape index (κ3) is 0.955. The summed E-state index contributed by atoms with van der Waals surface area (Å²) in [6.07, 6.45) is 3.51. The van der Waals surface area contributed by atoms with Crippen LogP contribution in [0.25, 0.3) is 10.8 Å². The van der Waals surface area contributed by atoms with Crippen molar-refractivity contribution in [1.29, 1.82) is 0 Å². The van der Waals surface area contributed by atoms with Crippen LogP contribution in [0.15, 0.2) is 30.3 Å². The Morgan fingerprint density at radius 2 is 1.79 bits per heavy atom. The minimum absolute atomic E-state index is 0.432. The second-order valence-electron chi connectivity index (χ2n) is 3.93. The largest absolute Gasteiger partial charge is 0.507 e. The van der Waals surface area contributed by atoms with Crippen LogP contribution in [0.5, 0.6) is 5.75 Å². The molecule has 2 aromatic rings. The van der Waals surface area contributed by atoms with Crippen molar-refractivity contribution in [2.75, 3.05) is 0 Å². The van der Waals surface area contributed by atoms with Gasteiger partial charge in [0.15, 0.2) is 0 Å². The molecule has 0 saturated carbocycles. The van der Waals surface area contributed by atoms with Crippen LogP contribution in [0.1, 0.15) is 17.5 Å². The van der Waals surface area contributed by atoms with Gasteiger partial charge < -0.3 is 5.11 Å². The highest BCUT2D eigenvalue weighted by Crippen LogP contribution is 2.35. The third-order valence-electron chi connectivity index (χ3n) is 3.10. The van der Waals surface area contributed by atoms with E-state index < -0.39 is 0 Å². The van der Waals surface area contributed by atoms with Gasteiger partial charge in [-0.3, -0.25) is 0 Å². The van der Waals surface area contributed by atoms with Crippen LogP contribution in [-0.4, -0.2) is 5.11 Å². The van der Waals surface area contributed by atoms with E-state index in [1.807, 2.05) is 24.3 Å². The maximum Gasteiger partial charge on any atom is 0.123 e. The molecule has 1 aliphatic rings. The molecule has 0 heterocycles. The molecule has 70 valence electrons. The minimum Gasteiger partial charge on any atom is -0.507 e. The lowest BCUT2D eigenvalue weighted by molar-refractivity contribution is 0.481. The number of rotatable bonds is 0. The van der Waals surface area contributed by atoms with Crippen molar-refractivity contribution in [3.8, 4) is 5.75 Å². The van der Waals surface area contributed by atoms with Gasteiger partial charge in [-0.2, -0.15) is 0 Å². The van der Waals surface area contributed by atoms with E-state index in [0.717, 1.165) is 18.2 Å². The summed E-state index contributed by atoms with van der Waals surface area (Å²) in [5, 5.41) is 12.1. The molecular formula is C13H12O. The average Bonchev–Trinajstić information content (AvgIpc) is 2.66. The molecule has 0 aromatic heterocycles. The summed E-state index contributed by atoms with van der Waals surface area (Å²) >= 11 is 0. The average molecular weight is 184 g/mol. The van der Waals surface area contributed by atoms with E-state index in [2.05, 4.69) is 6.07 Å². The minimum atomic E-state index is 0.432. The summed E-state index contributed by atoms with van der Waals surface area (Å²) in [6.45, 7) is 0. The number of aromatic hydroxyl groups is 1. The number of hydrogen-bond acceptors (Lipinski definition) is 1. The van der Waals surface area contributed by atoms with Crippen LogP contribution in [0.2, 0.25) is 0 Å².